The Labute approximate surface area is 156 Å². The largest absolute Gasteiger partial charge is 0.364 e. The maximum atomic E-state index is 12.6. The van der Waals surface area contributed by atoms with Crippen molar-refractivity contribution < 1.29 is 17.7 Å². The number of carbonyl (C=O) groups is 1. The number of aromatic nitrogens is 4. The number of amides is 2. The Hall–Kier alpha value is -2.76. The van der Waals surface area contributed by atoms with Crippen LogP contribution in [0.4, 0.5) is 10.7 Å². The second-order valence-corrected chi connectivity index (χ2v) is 6.99. The summed E-state index contributed by atoms with van der Waals surface area (Å²) < 4.78 is 31.7. The predicted octanol–water partition coefficient (Wildman–Crippen LogP) is 2.34. The fraction of sp³-hybridized carbons (Fsp3) is 0. The number of anilines is 1. The number of carbonyl (C=O) groups excluding carboxylic acids is 1. The van der Waals surface area contributed by atoms with E-state index in [1.165, 1.54) is 24.6 Å². The third-order valence-electron chi connectivity index (χ3n) is 2.95. The number of nitrogens with zero attached hydrogens (tertiary/aromatic N) is 4. The number of rotatable bonds is 4. The van der Waals surface area contributed by atoms with Crippen LogP contribution in [0.15, 0.2) is 46.1 Å². The molecule has 3 aromatic rings. The minimum atomic E-state index is -4.23. The van der Waals surface area contributed by atoms with Gasteiger partial charge in [0.1, 0.15) is 6.26 Å². The lowest BCUT2D eigenvalue weighted by molar-refractivity contribution is 0.256. The van der Waals surface area contributed by atoms with Crippen LogP contribution in [0.3, 0.4) is 0 Å². The molecular formula is C13H8Cl2N6O4S. The molecule has 0 radical (unpaired) electrons. The number of nitrogens with one attached hydrogen (secondary N) is 2. The van der Waals surface area contributed by atoms with E-state index in [2.05, 4.69) is 25.4 Å². The molecule has 0 atom stereocenters. The van der Waals surface area contributed by atoms with E-state index in [9.17, 15) is 13.2 Å². The zero-order chi connectivity index (χ0) is 18.7. The van der Waals surface area contributed by atoms with Crippen LogP contribution in [-0.4, -0.2) is 34.6 Å². The highest BCUT2D eigenvalue weighted by Gasteiger charge is 2.23. The van der Waals surface area contributed by atoms with Gasteiger partial charge in [0.15, 0.2) is 0 Å². The lowest BCUT2D eigenvalue weighted by Crippen LogP contribution is -2.35. The third-order valence-corrected chi connectivity index (χ3v) is 4.68. The molecular weight excluding hydrogens is 407 g/mol. The van der Waals surface area contributed by atoms with E-state index >= 15 is 0 Å². The summed E-state index contributed by atoms with van der Waals surface area (Å²) in [6.07, 6.45) is 2.63. The van der Waals surface area contributed by atoms with Crippen LogP contribution in [-0.2, 0) is 10.0 Å². The first-order chi connectivity index (χ1) is 12.3. The summed E-state index contributed by atoms with van der Waals surface area (Å²) in [6, 6.07) is 4.91. The number of sulfonamides is 1. The molecule has 0 bridgehead atoms. The number of benzene rings is 1. The van der Waals surface area contributed by atoms with Gasteiger partial charge in [-0.2, -0.15) is 15.0 Å². The summed E-state index contributed by atoms with van der Waals surface area (Å²) in [7, 11) is -4.23. The average Bonchev–Trinajstić information content (AvgIpc) is 3.07. The molecule has 0 aliphatic heterocycles. The van der Waals surface area contributed by atoms with Crippen LogP contribution < -0.4 is 10.0 Å². The Bertz CT molecular complexity index is 1040. The monoisotopic (exact) mass is 414 g/mol. The average molecular weight is 415 g/mol. The first-order valence-corrected chi connectivity index (χ1v) is 8.99. The van der Waals surface area contributed by atoms with E-state index < -0.39 is 16.1 Å². The Balaban J connectivity index is 1.84. The molecule has 2 aromatic heterocycles. The lowest BCUT2D eigenvalue weighted by Gasteiger charge is -2.10. The normalized spacial score (nSPS) is 11.2. The number of hydrogen-bond acceptors (Lipinski definition) is 8. The number of hydrogen-bond donors (Lipinski definition) is 2. The zero-order valence-corrected chi connectivity index (χ0v) is 14.9. The highest BCUT2D eigenvalue weighted by atomic mass is 35.5. The zero-order valence-electron chi connectivity index (χ0n) is 12.6. The van der Waals surface area contributed by atoms with Gasteiger partial charge in [0.2, 0.25) is 16.5 Å². The molecule has 10 nitrogen and oxygen atoms in total. The van der Waals surface area contributed by atoms with Crippen molar-refractivity contribution in [2.45, 2.75) is 4.90 Å². The van der Waals surface area contributed by atoms with Gasteiger partial charge >= 0.3 is 6.03 Å². The predicted molar refractivity (Wildman–Crippen MR) is 91.1 cm³/mol. The Morgan fingerprint density at radius 1 is 1.08 bits per heavy atom. The number of halogens is 2. The summed E-state index contributed by atoms with van der Waals surface area (Å²) in [5.74, 6) is -0.310. The minimum Gasteiger partial charge on any atom is -0.364 e. The van der Waals surface area contributed by atoms with E-state index in [0.717, 1.165) is 0 Å². The van der Waals surface area contributed by atoms with Crippen molar-refractivity contribution >= 4 is 45.2 Å². The molecule has 0 aliphatic carbocycles. The maximum absolute atomic E-state index is 12.6. The van der Waals surface area contributed by atoms with Gasteiger partial charge in [0.05, 0.1) is 11.1 Å². The van der Waals surface area contributed by atoms with Crippen LogP contribution in [0.2, 0.25) is 10.6 Å². The molecule has 134 valence electrons. The highest BCUT2D eigenvalue weighted by Crippen LogP contribution is 2.26. The quantitative estimate of drug-likeness (QED) is 0.662. The van der Waals surface area contributed by atoms with Crippen LogP contribution in [0.1, 0.15) is 0 Å². The first kappa shape index (κ1) is 18.0. The molecule has 13 heteroatoms. The summed E-state index contributed by atoms with van der Waals surface area (Å²) in [6.45, 7) is 0. The maximum Gasteiger partial charge on any atom is 0.335 e. The Morgan fingerprint density at radius 3 is 2.42 bits per heavy atom. The molecule has 0 aliphatic rings. The molecule has 0 unspecified atom stereocenters. The van der Waals surface area contributed by atoms with Gasteiger partial charge in [-0.15, -0.1) is 0 Å². The van der Waals surface area contributed by atoms with Crippen LogP contribution in [0, 0.1) is 0 Å². The van der Waals surface area contributed by atoms with Crippen LogP contribution >= 0.6 is 23.2 Å². The van der Waals surface area contributed by atoms with Gasteiger partial charge in [0.25, 0.3) is 10.0 Å². The van der Waals surface area contributed by atoms with Crippen LogP contribution in [0.5, 0.6) is 0 Å². The molecule has 2 N–H and O–H groups in total. The van der Waals surface area contributed by atoms with E-state index in [4.69, 9.17) is 27.7 Å². The SMILES string of the molecule is O=C(Nc1nc(Cl)nc(Cl)n1)NS(=O)(=O)c1ccccc1-c1cnoc1. The van der Waals surface area contributed by atoms with Crippen molar-refractivity contribution in [1.82, 2.24) is 24.8 Å². The fourth-order valence-electron chi connectivity index (χ4n) is 1.96. The second-order valence-electron chi connectivity index (χ2n) is 4.67. The van der Waals surface area contributed by atoms with E-state index in [1.54, 1.807) is 12.1 Å². The summed E-state index contributed by atoms with van der Waals surface area (Å²) >= 11 is 11.2. The van der Waals surface area contributed by atoms with Crippen molar-refractivity contribution in [2.24, 2.45) is 0 Å². The Morgan fingerprint density at radius 2 is 1.77 bits per heavy atom. The fourth-order valence-corrected chi connectivity index (χ4v) is 3.46. The first-order valence-electron chi connectivity index (χ1n) is 6.75. The topological polar surface area (TPSA) is 140 Å². The molecule has 26 heavy (non-hydrogen) atoms. The van der Waals surface area contributed by atoms with E-state index in [1.807, 2.05) is 4.72 Å². The van der Waals surface area contributed by atoms with Gasteiger partial charge in [-0.05, 0) is 29.3 Å². The molecule has 0 saturated carbocycles. The van der Waals surface area contributed by atoms with Crippen molar-refractivity contribution in [3.8, 4) is 11.1 Å². The Kier molecular flexibility index (Phi) is 5.02. The number of urea groups is 1. The molecule has 2 heterocycles. The van der Waals surface area contributed by atoms with Crippen molar-refractivity contribution in [3.05, 3.63) is 47.3 Å². The van der Waals surface area contributed by atoms with Gasteiger partial charge in [-0.1, -0.05) is 23.4 Å². The van der Waals surface area contributed by atoms with Gasteiger partial charge < -0.3 is 4.52 Å². The van der Waals surface area contributed by atoms with Crippen LogP contribution in [0.25, 0.3) is 11.1 Å². The van der Waals surface area contributed by atoms with Crippen molar-refractivity contribution in [1.29, 1.82) is 0 Å². The standard InChI is InChI=1S/C13H8Cl2N6O4S/c14-10-17-11(15)19-12(18-10)20-13(22)21-26(23,24)9-4-2-1-3-8(9)7-5-16-25-6-7/h1-6H,(H2,17,18,19,20,21,22). The van der Waals surface area contributed by atoms with Gasteiger partial charge in [-0.3, -0.25) is 5.32 Å². The molecule has 3 rings (SSSR count). The summed E-state index contributed by atoms with van der Waals surface area (Å²) in [5.41, 5.74) is 0.739. The second kappa shape index (κ2) is 7.23. The van der Waals surface area contributed by atoms with Crippen molar-refractivity contribution in [2.75, 3.05) is 5.32 Å². The van der Waals surface area contributed by atoms with E-state index in [-0.39, 0.29) is 21.4 Å². The minimum absolute atomic E-state index is 0.148. The summed E-state index contributed by atoms with van der Waals surface area (Å²) in [4.78, 5) is 22.6. The summed E-state index contributed by atoms with van der Waals surface area (Å²) in [5, 5.41) is 5.12. The molecule has 2 amide bonds. The molecule has 0 spiro atoms. The van der Waals surface area contributed by atoms with Crippen molar-refractivity contribution in [3.63, 3.8) is 0 Å². The van der Waals surface area contributed by atoms with Gasteiger partial charge in [0, 0.05) is 11.1 Å². The third kappa shape index (κ3) is 4.07. The molecule has 0 fully saturated rings. The molecule has 1 aromatic carbocycles. The lowest BCUT2D eigenvalue weighted by atomic mass is 10.1. The van der Waals surface area contributed by atoms with Gasteiger partial charge in [-0.25, -0.2) is 17.9 Å². The smallest absolute Gasteiger partial charge is 0.335 e. The van der Waals surface area contributed by atoms with E-state index in [0.29, 0.717) is 11.1 Å². The molecule has 0 saturated heterocycles. The highest BCUT2D eigenvalue weighted by molar-refractivity contribution is 7.90.